The van der Waals surface area contributed by atoms with E-state index in [0.29, 0.717) is 25.7 Å². The molecule has 0 aromatic rings. The molecular formula is C85H166O17P2. The summed E-state index contributed by atoms with van der Waals surface area (Å²) in [6.07, 6.45) is 65.1. The summed E-state index contributed by atoms with van der Waals surface area (Å²) in [7, 11) is -9.93. The van der Waals surface area contributed by atoms with Crippen LogP contribution in [0.25, 0.3) is 0 Å². The van der Waals surface area contributed by atoms with Gasteiger partial charge in [0.15, 0.2) is 12.2 Å². The fourth-order valence-corrected chi connectivity index (χ4v) is 14.8. The van der Waals surface area contributed by atoms with Crippen molar-refractivity contribution in [1.82, 2.24) is 0 Å². The number of rotatable bonds is 83. The first-order chi connectivity index (χ1) is 50.2. The van der Waals surface area contributed by atoms with Gasteiger partial charge in [0.05, 0.1) is 26.4 Å². The Morgan fingerprint density at radius 2 is 0.442 bits per heavy atom. The Labute approximate surface area is 638 Å². The van der Waals surface area contributed by atoms with E-state index in [0.717, 1.165) is 108 Å². The number of aliphatic hydroxyl groups excluding tert-OH is 1. The summed E-state index contributed by atoms with van der Waals surface area (Å²) in [5.41, 5.74) is 0. The van der Waals surface area contributed by atoms with Crippen LogP contribution in [0.4, 0.5) is 0 Å². The summed E-state index contributed by atoms with van der Waals surface area (Å²) in [6.45, 7) is 12.0. The van der Waals surface area contributed by atoms with Crippen LogP contribution in [-0.2, 0) is 65.4 Å². The number of aliphatic hydroxyl groups is 1. The number of hydrogen-bond acceptors (Lipinski definition) is 15. The lowest BCUT2D eigenvalue weighted by molar-refractivity contribution is -0.161. The van der Waals surface area contributed by atoms with Crippen molar-refractivity contribution >= 4 is 39.5 Å². The minimum absolute atomic E-state index is 0.107. The minimum Gasteiger partial charge on any atom is -0.462 e. The lowest BCUT2D eigenvalue weighted by atomic mass is 10.0. The molecular weight excluding hydrogens is 1350 g/mol. The molecule has 618 valence electrons. The van der Waals surface area contributed by atoms with E-state index in [2.05, 4.69) is 48.5 Å². The SMILES string of the molecule is CCCCCCCCCCCCCCC(=O)OC[C@H](COP(=O)(O)OC[C@H](O)COP(=O)(O)OC[C@@H](COC(=O)CCCCCCCCCCCCCCCC(C)C)OC(=O)CCCCCCCCCCCCCCCCCCCCC(C)C)OC(=O)CCCCCCCCCCCCCCC(C)C. The Balaban J connectivity index is 5.25. The molecule has 0 rings (SSSR count). The number of esters is 4. The maximum Gasteiger partial charge on any atom is 0.472 e. The van der Waals surface area contributed by atoms with Crippen molar-refractivity contribution in [1.29, 1.82) is 0 Å². The Morgan fingerprint density at radius 3 is 0.654 bits per heavy atom. The van der Waals surface area contributed by atoms with Gasteiger partial charge in [-0.1, -0.05) is 395 Å². The summed E-state index contributed by atoms with van der Waals surface area (Å²) in [4.78, 5) is 73.2. The summed E-state index contributed by atoms with van der Waals surface area (Å²) in [5, 5.41) is 10.7. The third kappa shape index (κ3) is 78.2. The predicted octanol–water partition coefficient (Wildman–Crippen LogP) is 25.7. The molecule has 0 aromatic carbocycles. The molecule has 0 aliphatic carbocycles. The van der Waals surface area contributed by atoms with Crippen molar-refractivity contribution in [3.05, 3.63) is 0 Å². The molecule has 0 saturated heterocycles. The highest BCUT2D eigenvalue weighted by Crippen LogP contribution is 2.45. The van der Waals surface area contributed by atoms with E-state index >= 15 is 0 Å². The number of carbonyl (C=O) groups is 4. The van der Waals surface area contributed by atoms with Gasteiger partial charge in [-0.25, -0.2) is 9.13 Å². The van der Waals surface area contributed by atoms with Gasteiger partial charge in [-0.05, 0) is 43.4 Å². The zero-order valence-corrected chi connectivity index (χ0v) is 70.3. The zero-order valence-electron chi connectivity index (χ0n) is 68.5. The second kappa shape index (κ2) is 75.1. The average Bonchev–Trinajstić information content (AvgIpc) is 1.04. The molecule has 0 spiro atoms. The Hall–Kier alpha value is -1.94. The molecule has 0 saturated carbocycles. The van der Waals surface area contributed by atoms with Gasteiger partial charge in [0, 0.05) is 25.7 Å². The second-order valence-corrected chi connectivity index (χ2v) is 34.9. The van der Waals surface area contributed by atoms with Gasteiger partial charge in [-0.15, -0.1) is 0 Å². The Morgan fingerprint density at radius 1 is 0.260 bits per heavy atom. The van der Waals surface area contributed by atoms with Crippen LogP contribution in [0.15, 0.2) is 0 Å². The van der Waals surface area contributed by atoms with Crippen molar-refractivity contribution in [2.24, 2.45) is 17.8 Å². The summed E-state index contributed by atoms with van der Waals surface area (Å²) < 4.78 is 68.9. The van der Waals surface area contributed by atoms with Crippen molar-refractivity contribution in [3.63, 3.8) is 0 Å². The molecule has 3 N–H and O–H groups in total. The van der Waals surface area contributed by atoms with Crippen LogP contribution in [0.3, 0.4) is 0 Å². The first-order valence-electron chi connectivity index (χ1n) is 43.8. The third-order valence-corrected chi connectivity index (χ3v) is 21.8. The highest BCUT2D eigenvalue weighted by molar-refractivity contribution is 7.47. The fraction of sp³-hybridized carbons (Fsp3) is 0.953. The van der Waals surface area contributed by atoms with Crippen LogP contribution in [-0.4, -0.2) is 96.7 Å². The molecule has 104 heavy (non-hydrogen) atoms. The number of carbonyl (C=O) groups excluding carboxylic acids is 4. The Bertz CT molecular complexity index is 2010. The van der Waals surface area contributed by atoms with E-state index in [1.165, 1.54) is 257 Å². The van der Waals surface area contributed by atoms with Gasteiger partial charge < -0.3 is 33.8 Å². The minimum atomic E-state index is -4.97. The normalized spacial score (nSPS) is 13.9. The van der Waals surface area contributed by atoms with E-state index in [4.69, 9.17) is 37.0 Å². The molecule has 0 aliphatic heterocycles. The molecule has 0 radical (unpaired) electrons. The third-order valence-electron chi connectivity index (χ3n) is 19.9. The zero-order chi connectivity index (χ0) is 76.5. The first kappa shape index (κ1) is 102. The molecule has 0 fully saturated rings. The van der Waals surface area contributed by atoms with Gasteiger partial charge in [0.1, 0.15) is 19.3 Å². The van der Waals surface area contributed by atoms with E-state index in [-0.39, 0.29) is 25.7 Å². The smallest absolute Gasteiger partial charge is 0.462 e. The van der Waals surface area contributed by atoms with Crippen molar-refractivity contribution < 1.29 is 80.2 Å². The largest absolute Gasteiger partial charge is 0.472 e. The predicted molar refractivity (Wildman–Crippen MR) is 428 cm³/mol. The maximum atomic E-state index is 13.1. The lowest BCUT2D eigenvalue weighted by Gasteiger charge is -2.21. The average molecular weight is 1520 g/mol. The van der Waals surface area contributed by atoms with Gasteiger partial charge in [0.25, 0.3) is 0 Å². The monoisotopic (exact) mass is 1520 g/mol. The molecule has 0 aromatic heterocycles. The summed E-state index contributed by atoms with van der Waals surface area (Å²) in [5.74, 6) is 0.284. The molecule has 19 heteroatoms. The van der Waals surface area contributed by atoms with Crippen LogP contribution in [0.2, 0.25) is 0 Å². The van der Waals surface area contributed by atoms with Crippen LogP contribution in [0.5, 0.6) is 0 Å². The van der Waals surface area contributed by atoms with Gasteiger partial charge in [-0.3, -0.25) is 37.3 Å². The van der Waals surface area contributed by atoms with Crippen LogP contribution in [0, 0.1) is 17.8 Å². The molecule has 2 unspecified atom stereocenters. The number of unbranched alkanes of at least 4 members (excludes halogenated alkanes) is 51. The number of phosphoric acid groups is 2. The van der Waals surface area contributed by atoms with Crippen LogP contribution in [0.1, 0.15) is 447 Å². The van der Waals surface area contributed by atoms with E-state index in [9.17, 15) is 43.2 Å². The quantitative estimate of drug-likeness (QED) is 0.0222. The van der Waals surface area contributed by atoms with Gasteiger partial charge >= 0.3 is 39.5 Å². The van der Waals surface area contributed by atoms with E-state index < -0.39 is 97.5 Å². The molecule has 17 nitrogen and oxygen atoms in total. The second-order valence-electron chi connectivity index (χ2n) is 32.0. The maximum absolute atomic E-state index is 13.1. The molecule has 0 amide bonds. The highest BCUT2D eigenvalue weighted by Gasteiger charge is 2.30. The first-order valence-corrected chi connectivity index (χ1v) is 46.8. The topological polar surface area (TPSA) is 237 Å². The summed E-state index contributed by atoms with van der Waals surface area (Å²) >= 11 is 0. The number of phosphoric ester groups is 2. The van der Waals surface area contributed by atoms with E-state index in [1.807, 2.05) is 0 Å². The molecule has 0 aliphatic rings. The van der Waals surface area contributed by atoms with Crippen molar-refractivity contribution in [3.8, 4) is 0 Å². The van der Waals surface area contributed by atoms with Crippen LogP contribution < -0.4 is 0 Å². The van der Waals surface area contributed by atoms with E-state index in [1.54, 1.807) is 0 Å². The number of ether oxygens (including phenoxy) is 4. The molecule has 0 bridgehead atoms. The fourth-order valence-electron chi connectivity index (χ4n) is 13.2. The van der Waals surface area contributed by atoms with Crippen LogP contribution >= 0.6 is 15.6 Å². The van der Waals surface area contributed by atoms with Crippen molar-refractivity contribution in [2.75, 3.05) is 39.6 Å². The van der Waals surface area contributed by atoms with Crippen molar-refractivity contribution in [2.45, 2.75) is 465 Å². The van der Waals surface area contributed by atoms with Gasteiger partial charge in [0.2, 0.25) is 0 Å². The Kier molecular flexibility index (Phi) is 73.7. The lowest BCUT2D eigenvalue weighted by Crippen LogP contribution is -2.30. The van der Waals surface area contributed by atoms with Gasteiger partial charge in [-0.2, -0.15) is 0 Å². The summed E-state index contributed by atoms with van der Waals surface area (Å²) in [6, 6.07) is 0. The highest BCUT2D eigenvalue weighted by atomic mass is 31.2. The number of hydrogen-bond donors (Lipinski definition) is 3. The molecule has 5 atom stereocenters. The standard InChI is InChI=1S/C85H166O17P2/c1-8-9-10-11-12-13-14-31-38-45-52-59-66-82(87)95-72-80(102-85(90)69-62-55-48-41-34-27-26-30-37-44-51-58-65-78(6)7)74-99-103(91,92)97-70-79(86)71-98-104(93,94)100-75-81(73-96-83(88)67-60-53-46-39-32-25-21-23-29-36-43-50-57-64-77(4)5)101-84(89)68-61-54-47-40-33-24-20-18-16-15-17-19-22-28-35-42-49-56-63-76(2)3/h76-81,86H,8-75H2,1-7H3,(H,91,92)(H,93,94)/t79-,80+,81+/m0/s1. The molecule has 0 heterocycles.